The fourth-order valence-electron chi connectivity index (χ4n) is 2.38. The van der Waals surface area contributed by atoms with Gasteiger partial charge in [0.05, 0.1) is 24.7 Å². The number of carboxylic acids is 1. The normalized spacial score (nSPS) is 22.7. The molecule has 21 heavy (non-hydrogen) atoms. The van der Waals surface area contributed by atoms with Crippen LogP contribution in [-0.2, 0) is 24.3 Å². The van der Waals surface area contributed by atoms with Crippen molar-refractivity contribution in [1.29, 1.82) is 0 Å². The van der Waals surface area contributed by atoms with Crippen molar-refractivity contribution in [3.63, 3.8) is 0 Å². The molecule has 0 bridgehead atoms. The van der Waals surface area contributed by atoms with E-state index in [-0.39, 0.29) is 30.6 Å². The first-order valence-corrected chi connectivity index (χ1v) is 8.85. The molecule has 8 heteroatoms. The first-order chi connectivity index (χ1) is 9.84. The zero-order chi connectivity index (χ0) is 15.9. The van der Waals surface area contributed by atoms with E-state index >= 15 is 0 Å². The number of carbonyl (C=O) groups is 2. The number of nitrogens with one attached hydrogen (secondary N) is 1. The number of rotatable bonds is 8. The minimum atomic E-state index is -3.49. The van der Waals surface area contributed by atoms with Crippen molar-refractivity contribution in [3.05, 3.63) is 0 Å². The van der Waals surface area contributed by atoms with Crippen LogP contribution >= 0.6 is 0 Å². The highest BCUT2D eigenvalue weighted by molar-refractivity contribution is 7.89. The quantitative estimate of drug-likeness (QED) is 0.638. The summed E-state index contributed by atoms with van der Waals surface area (Å²) in [7, 11) is -3.49. The fraction of sp³-hybridized carbons (Fsp3) is 0.846. The molecular weight excluding hydrogens is 298 g/mol. The number of aliphatic carboxylic acids is 1. The van der Waals surface area contributed by atoms with E-state index in [1.807, 2.05) is 0 Å². The third-order valence-electron chi connectivity index (χ3n) is 3.67. The lowest BCUT2D eigenvalue weighted by atomic mass is 9.82. The van der Waals surface area contributed by atoms with Gasteiger partial charge in [0.2, 0.25) is 10.0 Å². The van der Waals surface area contributed by atoms with E-state index in [4.69, 9.17) is 5.11 Å². The molecule has 0 aromatic heterocycles. The van der Waals surface area contributed by atoms with Crippen LogP contribution in [0.3, 0.4) is 0 Å². The highest BCUT2D eigenvalue weighted by atomic mass is 32.2. The van der Waals surface area contributed by atoms with Gasteiger partial charge >= 0.3 is 11.9 Å². The van der Waals surface area contributed by atoms with E-state index in [1.165, 1.54) is 0 Å². The molecule has 0 aromatic carbocycles. The molecule has 7 nitrogen and oxygen atoms in total. The Labute approximate surface area is 125 Å². The van der Waals surface area contributed by atoms with E-state index in [1.54, 1.807) is 6.92 Å². The Morgan fingerprint density at radius 1 is 1.24 bits per heavy atom. The summed E-state index contributed by atoms with van der Waals surface area (Å²) in [4.78, 5) is 22.0. The zero-order valence-corrected chi connectivity index (χ0v) is 13.0. The number of esters is 1. The van der Waals surface area contributed by atoms with Crippen LogP contribution in [0.5, 0.6) is 0 Å². The highest BCUT2D eigenvalue weighted by Crippen LogP contribution is 2.28. The van der Waals surface area contributed by atoms with Crippen LogP contribution in [0.1, 0.15) is 39.0 Å². The van der Waals surface area contributed by atoms with Gasteiger partial charge in [0.1, 0.15) is 0 Å². The molecule has 0 spiro atoms. The second-order valence-electron chi connectivity index (χ2n) is 5.28. The smallest absolute Gasteiger partial charge is 0.306 e. The van der Waals surface area contributed by atoms with Gasteiger partial charge in [-0.2, -0.15) is 0 Å². The molecule has 0 aromatic rings. The average Bonchev–Trinajstić information content (AvgIpc) is 2.44. The predicted octanol–water partition coefficient (Wildman–Crippen LogP) is 0.750. The fourth-order valence-corrected chi connectivity index (χ4v) is 3.45. The number of carbonyl (C=O) groups excluding carboxylic acids is 1. The summed E-state index contributed by atoms with van der Waals surface area (Å²) in [5.74, 6) is -1.72. The van der Waals surface area contributed by atoms with Crippen LogP contribution in [0.25, 0.3) is 0 Å². The minimum Gasteiger partial charge on any atom is -0.481 e. The summed E-state index contributed by atoms with van der Waals surface area (Å²) in [6.45, 7) is 2.20. The van der Waals surface area contributed by atoms with Crippen LogP contribution in [0.2, 0.25) is 0 Å². The van der Waals surface area contributed by atoms with Gasteiger partial charge in [0.25, 0.3) is 0 Å². The van der Waals surface area contributed by atoms with Crippen LogP contribution in [0, 0.1) is 11.8 Å². The second kappa shape index (κ2) is 8.33. The number of carboxylic acid groups (broad SMARTS) is 1. The van der Waals surface area contributed by atoms with Gasteiger partial charge in [-0.15, -0.1) is 0 Å². The van der Waals surface area contributed by atoms with E-state index in [2.05, 4.69) is 9.46 Å². The minimum absolute atomic E-state index is 0.158. The molecule has 0 aliphatic heterocycles. The zero-order valence-electron chi connectivity index (χ0n) is 12.2. The van der Waals surface area contributed by atoms with Crippen molar-refractivity contribution in [2.24, 2.45) is 11.8 Å². The van der Waals surface area contributed by atoms with Gasteiger partial charge < -0.3 is 9.84 Å². The van der Waals surface area contributed by atoms with Crippen LogP contribution < -0.4 is 4.72 Å². The molecule has 1 saturated carbocycles. The third-order valence-corrected chi connectivity index (χ3v) is 5.02. The number of sulfonamides is 1. The van der Waals surface area contributed by atoms with Crippen LogP contribution in [0.15, 0.2) is 0 Å². The predicted molar refractivity (Wildman–Crippen MR) is 76.1 cm³/mol. The van der Waals surface area contributed by atoms with Gasteiger partial charge in [0, 0.05) is 6.54 Å². The Morgan fingerprint density at radius 2 is 1.86 bits per heavy atom. The van der Waals surface area contributed by atoms with Gasteiger partial charge in [-0.3, -0.25) is 9.59 Å². The van der Waals surface area contributed by atoms with Crippen molar-refractivity contribution in [2.75, 3.05) is 18.9 Å². The summed E-state index contributed by atoms with van der Waals surface area (Å²) >= 11 is 0. The number of hydrogen-bond donors (Lipinski definition) is 2. The number of hydrogen-bond acceptors (Lipinski definition) is 5. The summed E-state index contributed by atoms with van der Waals surface area (Å²) in [6, 6.07) is 0. The second-order valence-corrected chi connectivity index (χ2v) is 7.20. The van der Waals surface area contributed by atoms with Gasteiger partial charge in [-0.25, -0.2) is 13.1 Å². The first-order valence-electron chi connectivity index (χ1n) is 7.19. The maximum absolute atomic E-state index is 11.7. The maximum atomic E-state index is 11.7. The number of ether oxygens (including phenoxy) is 1. The standard InChI is InChI=1S/C13H23NO6S/c1-2-20-12(15)7-8-21(18,19)14-9-10-3-5-11(6-4-10)13(16)17/h10-11,14H,2-9H2,1H3,(H,16,17). The Bertz CT molecular complexity index is 453. The monoisotopic (exact) mass is 321 g/mol. The van der Waals surface area contributed by atoms with Crippen LogP contribution in [0.4, 0.5) is 0 Å². The molecular formula is C13H23NO6S. The Morgan fingerprint density at radius 3 is 2.38 bits per heavy atom. The SMILES string of the molecule is CCOC(=O)CCS(=O)(=O)NCC1CCC(C(=O)O)CC1. The maximum Gasteiger partial charge on any atom is 0.306 e. The van der Waals surface area contributed by atoms with Crippen molar-refractivity contribution >= 4 is 22.0 Å². The molecule has 1 aliphatic rings. The average molecular weight is 321 g/mol. The largest absolute Gasteiger partial charge is 0.481 e. The molecule has 0 heterocycles. The molecule has 0 radical (unpaired) electrons. The lowest BCUT2D eigenvalue weighted by molar-refractivity contribution is -0.143. The molecule has 1 aliphatic carbocycles. The van der Waals surface area contributed by atoms with Gasteiger partial charge in [-0.05, 0) is 38.5 Å². The molecule has 1 fully saturated rings. The third kappa shape index (κ3) is 6.90. The summed E-state index contributed by atoms with van der Waals surface area (Å²) < 4.78 is 30.6. The van der Waals surface area contributed by atoms with E-state index < -0.39 is 22.0 Å². The van der Waals surface area contributed by atoms with E-state index in [9.17, 15) is 18.0 Å². The topological polar surface area (TPSA) is 110 Å². The lowest BCUT2D eigenvalue weighted by Gasteiger charge is -2.26. The highest BCUT2D eigenvalue weighted by Gasteiger charge is 2.26. The van der Waals surface area contributed by atoms with Crippen molar-refractivity contribution in [1.82, 2.24) is 4.72 Å². The Hall–Kier alpha value is -1.15. The lowest BCUT2D eigenvalue weighted by Crippen LogP contribution is -2.34. The first kappa shape index (κ1) is 17.9. The van der Waals surface area contributed by atoms with E-state index in [0.29, 0.717) is 32.2 Å². The molecule has 122 valence electrons. The van der Waals surface area contributed by atoms with Crippen molar-refractivity contribution in [2.45, 2.75) is 39.0 Å². The van der Waals surface area contributed by atoms with E-state index in [0.717, 1.165) is 0 Å². The molecule has 2 N–H and O–H groups in total. The van der Waals surface area contributed by atoms with Crippen molar-refractivity contribution < 1.29 is 27.9 Å². The molecule has 0 unspecified atom stereocenters. The van der Waals surface area contributed by atoms with Gasteiger partial charge in [0.15, 0.2) is 0 Å². The molecule has 0 atom stereocenters. The Balaban J connectivity index is 2.28. The summed E-state index contributed by atoms with van der Waals surface area (Å²) in [5.41, 5.74) is 0. The van der Waals surface area contributed by atoms with Crippen LogP contribution in [-0.4, -0.2) is 44.4 Å². The Kier molecular flexibility index (Phi) is 7.10. The molecule has 1 rings (SSSR count). The molecule has 0 saturated heterocycles. The molecule has 0 amide bonds. The van der Waals surface area contributed by atoms with Gasteiger partial charge in [-0.1, -0.05) is 0 Å². The summed E-state index contributed by atoms with van der Waals surface area (Å²) in [5, 5.41) is 8.89. The van der Waals surface area contributed by atoms with Crippen molar-refractivity contribution in [3.8, 4) is 0 Å². The summed E-state index contributed by atoms with van der Waals surface area (Å²) in [6.07, 6.45) is 2.43.